The number of fused-ring (bicyclic) bond motifs is 2. The van der Waals surface area contributed by atoms with Crippen LogP contribution in [0.15, 0.2) is 54.7 Å². The summed E-state index contributed by atoms with van der Waals surface area (Å²) in [6.07, 6.45) is 3.08. The molecule has 6 heteroatoms. The summed E-state index contributed by atoms with van der Waals surface area (Å²) in [6, 6.07) is 12.8. The average Bonchev–Trinajstić information content (AvgIpc) is 2.52. The van der Waals surface area contributed by atoms with Crippen molar-refractivity contribution < 1.29 is 4.92 Å². The number of para-hydroxylation sites is 1. The monoisotopic (exact) mass is 294 g/mol. The third-order valence-electron chi connectivity index (χ3n) is 3.40. The number of pyridine rings is 1. The maximum Gasteiger partial charge on any atom is 0.301 e. The van der Waals surface area contributed by atoms with E-state index in [9.17, 15) is 10.1 Å². The fourth-order valence-electron chi connectivity index (χ4n) is 2.41. The topological polar surface area (TPSA) is 94.1 Å². The lowest BCUT2D eigenvalue weighted by molar-refractivity contribution is -0.382. The Kier molecular flexibility index (Phi) is 3.57. The Morgan fingerprint density at radius 1 is 1.23 bits per heavy atom. The molecule has 0 saturated carbocycles. The predicted octanol–water partition coefficient (Wildman–Crippen LogP) is 3.18. The van der Waals surface area contributed by atoms with E-state index in [0.717, 1.165) is 10.9 Å². The van der Waals surface area contributed by atoms with Crippen LogP contribution in [0, 0.1) is 10.1 Å². The fourth-order valence-corrected chi connectivity index (χ4v) is 2.41. The molecule has 0 fully saturated rings. The van der Waals surface area contributed by atoms with Gasteiger partial charge in [-0.05, 0) is 36.5 Å². The molecule has 22 heavy (non-hydrogen) atoms. The van der Waals surface area contributed by atoms with E-state index >= 15 is 0 Å². The second-order valence-corrected chi connectivity index (χ2v) is 4.78. The minimum atomic E-state index is -0.382. The second kappa shape index (κ2) is 5.69. The smallest absolute Gasteiger partial charge is 0.301 e. The van der Waals surface area contributed by atoms with Gasteiger partial charge in [-0.3, -0.25) is 10.1 Å². The van der Waals surface area contributed by atoms with Crippen LogP contribution in [-0.4, -0.2) is 16.5 Å². The number of anilines is 1. The van der Waals surface area contributed by atoms with Crippen LogP contribution in [0.2, 0.25) is 0 Å². The van der Waals surface area contributed by atoms with Gasteiger partial charge in [-0.2, -0.15) is 0 Å². The highest BCUT2D eigenvalue weighted by molar-refractivity contribution is 6.00. The van der Waals surface area contributed by atoms with Crippen LogP contribution in [0.1, 0.15) is 0 Å². The van der Waals surface area contributed by atoms with E-state index in [-0.39, 0.29) is 10.6 Å². The molecular formula is C16H14N4O2. The standard InChI is InChI=1S/C16H14N4O2/c17-8-3-9-18-15-7-6-14-12(16(15)20(21)22)10-11-4-1-2-5-13(11)19-14/h1-8,10,18H,9,17H2. The first-order chi connectivity index (χ1) is 10.7. The number of nitrogens with two attached hydrogens (primary N) is 1. The van der Waals surface area contributed by atoms with Crippen molar-refractivity contribution in [2.45, 2.75) is 0 Å². The molecule has 2 aromatic carbocycles. The van der Waals surface area contributed by atoms with Crippen molar-refractivity contribution in [3.8, 4) is 0 Å². The van der Waals surface area contributed by atoms with Crippen molar-refractivity contribution in [2.75, 3.05) is 11.9 Å². The summed E-state index contributed by atoms with van der Waals surface area (Å²) in [5, 5.41) is 15.9. The second-order valence-electron chi connectivity index (χ2n) is 4.78. The molecule has 0 aliphatic heterocycles. The highest BCUT2D eigenvalue weighted by Crippen LogP contribution is 2.34. The van der Waals surface area contributed by atoms with Gasteiger partial charge in [0, 0.05) is 11.9 Å². The van der Waals surface area contributed by atoms with Gasteiger partial charge >= 0.3 is 5.69 Å². The Hall–Kier alpha value is -3.15. The van der Waals surface area contributed by atoms with E-state index in [4.69, 9.17) is 5.73 Å². The highest BCUT2D eigenvalue weighted by Gasteiger charge is 2.19. The SMILES string of the molecule is NC=CCNc1ccc2nc3ccccc3cc2c1[N+](=O)[O-]. The summed E-state index contributed by atoms with van der Waals surface area (Å²) < 4.78 is 0. The number of hydrogen-bond donors (Lipinski definition) is 2. The minimum absolute atomic E-state index is 0.0289. The summed E-state index contributed by atoms with van der Waals surface area (Å²) in [6.45, 7) is 0.420. The average molecular weight is 294 g/mol. The number of aromatic nitrogens is 1. The Bertz CT molecular complexity index is 890. The summed E-state index contributed by atoms with van der Waals surface area (Å²) in [7, 11) is 0. The van der Waals surface area contributed by atoms with Crippen LogP contribution in [-0.2, 0) is 0 Å². The zero-order chi connectivity index (χ0) is 15.5. The molecule has 3 N–H and O–H groups in total. The van der Waals surface area contributed by atoms with Crippen LogP contribution in [0.3, 0.4) is 0 Å². The summed E-state index contributed by atoms with van der Waals surface area (Å²) in [5.74, 6) is 0. The lowest BCUT2D eigenvalue weighted by Gasteiger charge is -2.08. The van der Waals surface area contributed by atoms with Gasteiger partial charge < -0.3 is 11.1 Å². The normalized spacial score (nSPS) is 11.3. The number of nitro benzene ring substituents is 1. The van der Waals surface area contributed by atoms with E-state index in [2.05, 4.69) is 10.3 Å². The Labute approximate surface area is 126 Å². The minimum Gasteiger partial charge on any atom is -0.405 e. The molecule has 1 heterocycles. The largest absolute Gasteiger partial charge is 0.405 e. The van der Waals surface area contributed by atoms with Gasteiger partial charge in [0.25, 0.3) is 0 Å². The number of rotatable bonds is 4. The Morgan fingerprint density at radius 2 is 2.05 bits per heavy atom. The maximum atomic E-state index is 11.5. The molecule has 3 rings (SSSR count). The fraction of sp³-hybridized carbons (Fsp3) is 0.0625. The van der Waals surface area contributed by atoms with E-state index in [1.807, 2.05) is 24.3 Å². The first-order valence-corrected chi connectivity index (χ1v) is 6.78. The first kappa shape index (κ1) is 13.8. The molecule has 3 aromatic rings. The van der Waals surface area contributed by atoms with Gasteiger partial charge in [-0.1, -0.05) is 18.2 Å². The molecule has 0 aliphatic rings. The molecule has 0 spiro atoms. The summed E-state index contributed by atoms with van der Waals surface area (Å²) in [4.78, 5) is 15.6. The van der Waals surface area contributed by atoms with Crippen molar-refractivity contribution in [3.05, 3.63) is 64.9 Å². The van der Waals surface area contributed by atoms with Crippen molar-refractivity contribution in [1.29, 1.82) is 0 Å². The molecule has 0 amide bonds. The molecule has 0 radical (unpaired) electrons. The maximum absolute atomic E-state index is 11.5. The zero-order valence-electron chi connectivity index (χ0n) is 11.7. The van der Waals surface area contributed by atoms with Crippen LogP contribution in [0.5, 0.6) is 0 Å². The number of nitro groups is 1. The van der Waals surface area contributed by atoms with E-state index in [1.165, 1.54) is 6.20 Å². The summed E-state index contributed by atoms with van der Waals surface area (Å²) >= 11 is 0. The molecule has 0 bridgehead atoms. The van der Waals surface area contributed by atoms with E-state index in [1.54, 1.807) is 24.3 Å². The third-order valence-corrected chi connectivity index (χ3v) is 3.40. The molecular weight excluding hydrogens is 280 g/mol. The van der Waals surface area contributed by atoms with Gasteiger partial charge in [0.2, 0.25) is 0 Å². The van der Waals surface area contributed by atoms with Crippen molar-refractivity contribution in [3.63, 3.8) is 0 Å². The number of benzene rings is 2. The lowest BCUT2D eigenvalue weighted by atomic mass is 10.1. The van der Waals surface area contributed by atoms with Gasteiger partial charge in [0.15, 0.2) is 0 Å². The van der Waals surface area contributed by atoms with Crippen molar-refractivity contribution in [1.82, 2.24) is 4.98 Å². The molecule has 110 valence electrons. The zero-order valence-corrected chi connectivity index (χ0v) is 11.7. The van der Waals surface area contributed by atoms with E-state index in [0.29, 0.717) is 23.1 Å². The molecule has 6 nitrogen and oxygen atoms in total. The molecule has 1 aromatic heterocycles. The van der Waals surface area contributed by atoms with Gasteiger partial charge in [0.05, 0.1) is 21.3 Å². The lowest BCUT2D eigenvalue weighted by Crippen LogP contribution is -2.03. The van der Waals surface area contributed by atoms with Gasteiger partial charge in [-0.25, -0.2) is 4.98 Å². The van der Waals surface area contributed by atoms with Gasteiger partial charge in [-0.15, -0.1) is 0 Å². The van der Waals surface area contributed by atoms with Crippen molar-refractivity contribution in [2.24, 2.45) is 5.73 Å². The van der Waals surface area contributed by atoms with Crippen LogP contribution in [0.4, 0.5) is 11.4 Å². The predicted molar refractivity (Wildman–Crippen MR) is 87.7 cm³/mol. The van der Waals surface area contributed by atoms with Crippen LogP contribution < -0.4 is 11.1 Å². The number of hydrogen-bond acceptors (Lipinski definition) is 5. The third kappa shape index (κ3) is 2.42. The Morgan fingerprint density at radius 3 is 2.82 bits per heavy atom. The molecule has 0 saturated heterocycles. The summed E-state index contributed by atoms with van der Waals surface area (Å²) in [5.41, 5.74) is 7.18. The molecule has 0 aliphatic carbocycles. The van der Waals surface area contributed by atoms with Gasteiger partial charge in [0.1, 0.15) is 5.69 Å². The van der Waals surface area contributed by atoms with E-state index < -0.39 is 0 Å². The quantitative estimate of drug-likeness (QED) is 0.438. The number of nitrogens with one attached hydrogen (secondary N) is 1. The highest BCUT2D eigenvalue weighted by atomic mass is 16.6. The van der Waals surface area contributed by atoms with Crippen LogP contribution >= 0.6 is 0 Å². The van der Waals surface area contributed by atoms with Crippen molar-refractivity contribution >= 4 is 33.2 Å². The number of nitrogens with zero attached hydrogens (tertiary/aromatic N) is 2. The Balaban J connectivity index is 2.23. The molecule has 0 atom stereocenters. The first-order valence-electron chi connectivity index (χ1n) is 6.78. The molecule has 0 unspecified atom stereocenters. The van der Waals surface area contributed by atoms with Crippen LogP contribution in [0.25, 0.3) is 21.8 Å².